The summed E-state index contributed by atoms with van der Waals surface area (Å²) in [6, 6.07) is 14.2. The van der Waals surface area contributed by atoms with Crippen molar-refractivity contribution in [1.29, 1.82) is 0 Å². The van der Waals surface area contributed by atoms with E-state index in [4.69, 9.17) is 16.0 Å². The van der Waals surface area contributed by atoms with Crippen LogP contribution in [0.1, 0.15) is 23.7 Å². The highest BCUT2D eigenvalue weighted by atomic mass is 35.5. The van der Waals surface area contributed by atoms with E-state index in [0.717, 1.165) is 16.6 Å². The zero-order chi connectivity index (χ0) is 19.0. The lowest BCUT2D eigenvalue weighted by Crippen LogP contribution is -2.19. The van der Waals surface area contributed by atoms with Crippen molar-refractivity contribution < 1.29 is 9.21 Å². The fourth-order valence-electron chi connectivity index (χ4n) is 2.93. The first-order chi connectivity index (χ1) is 13.1. The highest BCUT2D eigenvalue weighted by molar-refractivity contribution is 7.16. The molecule has 0 spiro atoms. The minimum atomic E-state index is -0.686. The summed E-state index contributed by atoms with van der Waals surface area (Å²) in [6.45, 7) is 2.76. The summed E-state index contributed by atoms with van der Waals surface area (Å²) in [5.74, 6) is -0.614. The number of para-hydroxylation sites is 1. The van der Waals surface area contributed by atoms with Crippen LogP contribution in [-0.2, 0) is 6.54 Å². The molecule has 4 aromatic rings. The Balaban J connectivity index is 1.88. The molecule has 27 heavy (non-hydrogen) atoms. The van der Waals surface area contributed by atoms with Gasteiger partial charge in [0.25, 0.3) is 5.91 Å². The smallest absolute Gasteiger partial charge is 0.349 e. The molecule has 0 aliphatic heterocycles. The van der Waals surface area contributed by atoms with Gasteiger partial charge in [0.15, 0.2) is 4.80 Å². The Kier molecular flexibility index (Phi) is 4.68. The van der Waals surface area contributed by atoms with E-state index in [-0.39, 0.29) is 5.56 Å². The van der Waals surface area contributed by atoms with Gasteiger partial charge in [-0.2, -0.15) is 4.99 Å². The summed E-state index contributed by atoms with van der Waals surface area (Å²) in [7, 11) is 0. The van der Waals surface area contributed by atoms with Crippen LogP contribution in [0.15, 0.2) is 62.7 Å². The van der Waals surface area contributed by atoms with Crippen LogP contribution < -0.4 is 10.4 Å². The van der Waals surface area contributed by atoms with Crippen molar-refractivity contribution >= 4 is 50.0 Å². The Morgan fingerprint density at radius 2 is 2.04 bits per heavy atom. The molecule has 0 radical (unpaired) electrons. The van der Waals surface area contributed by atoms with Crippen molar-refractivity contribution in [3.8, 4) is 0 Å². The van der Waals surface area contributed by atoms with Gasteiger partial charge in [-0.05, 0) is 36.8 Å². The molecule has 2 aromatic carbocycles. The number of benzene rings is 2. The number of rotatable bonds is 3. The first-order valence-electron chi connectivity index (χ1n) is 8.47. The first-order valence-corrected chi connectivity index (χ1v) is 9.67. The molecule has 0 saturated heterocycles. The number of halogens is 1. The summed E-state index contributed by atoms with van der Waals surface area (Å²) in [6.07, 6.45) is 0.883. The van der Waals surface area contributed by atoms with Gasteiger partial charge in [-0.15, -0.1) is 0 Å². The predicted octanol–water partition coefficient (Wildman–Crippen LogP) is 4.61. The number of amides is 1. The van der Waals surface area contributed by atoms with Gasteiger partial charge in [0, 0.05) is 17.0 Å². The largest absolute Gasteiger partial charge is 0.422 e. The van der Waals surface area contributed by atoms with E-state index >= 15 is 0 Å². The van der Waals surface area contributed by atoms with Gasteiger partial charge in [0.1, 0.15) is 11.1 Å². The molecule has 0 aliphatic rings. The number of fused-ring (bicyclic) bond motifs is 2. The minimum Gasteiger partial charge on any atom is -0.422 e. The number of hydrogen-bond acceptors (Lipinski definition) is 4. The molecule has 0 aliphatic carbocycles. The van der Waals surface area contributed by atoms with Gasteiger partial charge < -0.3 is 8.98 Å². The first kappa shape index (κ1) is 17.7. The van der Waals surface area contributed by atoms with Gasteiger partial charge in [-0.3, -0.25) is 4.79 Å². The van der Waals surface area contributed by atoms with Gasteiger partial charge in [-0.1, -0.05) is 48.1 Å². The number of aryl methyl sites for hydroxylation is 1. The quantitative estimate of drug-likeness (QED) is 0.473. The molecule has 0 bridgehead atoms. The van der Waals surface area contributed by atoms with Gasteiger partial charge in [0.2, 0.25) is 0 Å². The Labute approximate surface area is 163 Å². The minimum absolute atomic E-state index is 0.0766. The fraction of sp³-hybridized carbons (Fsp3) is 0.150. The Hall–Kier alpha value is -2.70. The number of aromatic nitrogens is 1. The third kappa shape index (κ3) is 3.34. The average Bonchev–Trinajstić information content (AvgIpc) is 2.97. The summed E-state index contributed by atoms with van der Waals surface area (Å²) >= 11 is 7.45. The monoisotopic (exact) mass is 398 g/mol. The van der Waals surface area contributed by atoms with E-state index in [0.29, 0.717) is 27.3 Å². The highest BCUT2D eigenvalue weighted by Gasteiger charge is 2.14. The molecule has 0 fully saturated rings. The van der Waals surface area contributed by atoms with Gasteiger partial charge in [0.05, 0.1) is 10.2 Å². The maximum Gasteiger partial charge on any atom is 0.349 e. The number of thiazole rings is 1. The summed E-state index contributed by atoms with van der Waals surface area (Å²) in [5.41, 5.74) is 0.640. The molecule has 0 saturated carbocycles. The molecule has 2 heterocycles. The second-order valence-corrected chi connectivity index (χ2v) is 7.50. The van der Waals surface area contributed by atoms with Crippen molar-refractivity contribution in [2.45, 2.75) is 19.9 Å². The zero-order valence-electron chi connectivity index (χ0n) is 14.4. The lowest BCUT2D eigenvalue weighted by molar-refractivity contribution is 0.0994. The summed E-state index contributed by atoms with van der Waals surface area (Å²) in [5, 5.41) is 1.31. The van der Waals surface area contributed by atoms with Crippen LogP contribution in [0.4, 0.5) is 0 Å². The third-order valence-corrected chi connectivity index (χ3v) is 5.44. The van der Waals surface area contributed by atoms with Crippen LogP contribution in [0.3, 0.4) is 0 Å². The van der Waals surface area contributed by atoms with Crippen molar-refractivity contribution in [2.75, 3.05) is 0 Å². The Morgan fingerprint density at radius 3 is 2.85 bits per heavy atom. The van der Waals surface area contributed by atoms with Crippen LogP contribution in [-0.4, -0.2) is 10.5 Å². The standard InChI is InChI=1S/C20H15ClN2O3S/c1-2-9-23-15-8-7-13(21)11-17(15)27-20(23)22-18(24)14-10-12-5-3-4-6-16(12)26-19(14)25/h3-8,10-11H,2,9H2,1H3. The number of nitrogens with zero attached hydrogens (tertiary/aromatic N) is 2. The van der Waals surface area contributed by atoms with Crippen molar-refractivity contribution in [2.24, 2.45) is 4.99 Å². The summed E-state index contributed by atoms with van der Waals surface area (Å²) < 4.78 is 8.15. The maximum atomic E-state index is 12.7. The molecular formula is C20H15ClN2O3S. The lowest BCUT2D eigenvalue weighted by Gasteiger charge is -2.02. The molecule has 0 unspecified atom stereocenters. The van der Waals surface area contributed by atoms with E-state index in [1.165, 1.54) is 17.4 Å². The van der Waals surface area contributed by atoms with E-state index < -0.39 is 11.5 Å². The number of carbonyl (C=O) groups excluding carboxylic acids is 1. The second kappa shape index (κ2) is 7.13. The average molecular weight is 399 g/mol. The topological polar surface area (TPSA) is 64.6 Å². The molecule has 0 atom stereocenters. The van der Waals surface area contributed by atoms with Crippen molar-refractivity contribution in [1.82, 2.24) is 4.57 Å². The Bertz CT molecular complexity index is 1300. The Morgan fingerprint density at radius 1 is 1.22 bits per heavy atom. The SMILES string of the molecule is CCCn1c(=NC(=O)c2cc3ccccc3oc2=O)sc2cc(Cl)ccc21. The maximum absolute atomic E-state index is 12.7. The molecule has 136 valence electrons. The van der Waals surface area contributed by atoms with E-state index in [9.17, 15) is 9.59 Å². The number of hydrogen-bond donors (Lipinski definition) is 0. The normalized spacial score (nSPS) is 12.1. The van der Waals surface area contributed by atoms with Crippen molar-refractivity contribution in [3.05, 3.63) is 74.3 Å². The summed E-state index contributed by atoms with van der Waals surface area (Å²) in [4.78, 5) is 29.7. The van der Waals surface area contributed by atoms with Crippen LogP contribution in [0.2, 0.25) is 5.02 Å². The van der Waals surface area contributed by atoms with E-state index in [1.54, 1.807) is 18.2 Å². The van der Waals surface area contributed by atoms with Crippen LogP contribution in [0.25, 0.3) is 21.2 Å². The zero-order valence-corrected chi connectivity index (χ0v) is 16.0. The van der Waals surface area contributed by atoms with Crippen molar-refractivity contribution in [3.63, 3.8) is 0 Å². The second-order valence-electron chi connectivity index (χ2n) is 6.05. The van der Waals surface area contributed by atoms with E-state index in [2.05, 4.69) is 11.9 Å². The molecule has 2 aromatic heterocycles. The molecule has 1 amide bonds. The fourth-order valence-corrected chi connectivity index (χ4v) is 4.26. The highest BCUT2D eigenvalue weighted by Crippen LogP contribution is 2.22. The van der Waals surface area contributed by atoms with Gasteiger partial charge >= 0.3 is 5.63 Å². The number of carbonyl (C=O) groups is 1. The lowest BCUT2D eigenvalue weighted by atomic mass is 10.2. The van der Waals surface area contributed by atoms with E-state index in [1.807, 2.05) is 28.8 Å². The molecule has 4 rings (SSSR count). The molecular weight excluding hydrogens is 384 g/mol. The predicted molar refractivity (Wildman–Crippen MR) is 107 cm³/mol. The third-order valence-electron chi connectivity index (χ3n) is 4.16. The van der Waals surface area contributed by atoms with Crippen LogP contribution in [0, 0.1) is 0 Å². The molecule has 5 nitrogen and oxygen atoms in total. The van der Waals surface area contributed by atoms with Gasteiger partial charge in [-0.25, -0.2) is 4.79 Å². The van der Waals surface area contributed by atoms with Crippen LogP contribution in [0.5, 0.6) is 0 Å². The molecule has 7 heteroatoms. The molecule has 0 N–H and O–H groups in total. The van der Waals surface area contributed by atoms with Crippen LogP contribution >= 0.6 is 22.9 Å².